The van der Waals surface area contributed by atoms with Crippen molar-refractivity contribution in [2.24, 2.45) is 0 Å². The summed E-state index contributed by atoms with van der Waals surface area (Å²) in [4.78, 5) is 0. The van der Waals surface area contributed by atoms with Crippen LogP contribution in [0.2, 0.25) is 39.3 Å². The second-order valence-electron chi connectivity index (χ2n) is 21.0. The number of rotatable bonds is 12. The molecule has 2 aromatic heterocycles. The molecule has 0 radical (unpaired) electrons. The fraction of sp³-hybridized carbons (Fsp3) is 0.472. The van der Waals surface area contributed by atoms with Crippen molar-refractivity contribution in [3.63, 3.8) is 0 Å². The summed E-state index contributed by atoms with van der Waals surface area (Å²) in [5.74, 6) is 1.78. The maximum absolute atomic E-state index is 10.7. The Hall–Kier alpha value is -3.11. The van der Waals surface area contributed by atoms with Gasteiger partial charge >= 0.3 is 56.9 Å². The van der Waals surface area contributed by atoms with Gasteiger partial charge < -0.3 is 9.20 Å². The predicted octanol–water partition coefficient (Wildman–Crippen LogP) is 11.4. The van der Waals surface area contributed by atoms with Gasteiger partial charge in [0.1, 0.15) is 12.1 Å². The Kier molecular flexibility index (Phi) is 24.1. The summed E-state index contributed by atoms with van der Waals surface area (Å²) in [6.45, 7) is 40.5. The largest absolute Gasteiger partial charge is 1.00 e. The molecule has 10 nitrogen and oxygen atoms in total. The van der Waals surface area contributed by atoms with Gasteiger partial charge in [0.2, 0.25) is 0 Å². The van der Waals surface area contributed by atoms with Crippen LogP contribution in [0.25, 0.3) is 38.5 Å². The number of hydrogen-bond donors (Lipinski definition) is 0. The number of nitrogens with zero attached hydrogens (tertiary/aromatic N) is 7. The molecule has 0 saturated carbocycles. The standard InChI is InChI=1S/2C23H30N3.C6H18NSi2.CHF3O3S.K/c2*1-16(2)20-13-10-14-21(17(3)4)23(20)25-15-22(26(24-25)18(5)6)19-11-8-7-9-12-19;1-8(2,3)7-9(4,5)6;2-1(3,4)8(5,6)7;/h2*7-18H,1-6H3;1-6H3;(H,5,6,7);/q2*+1;-1;;+1/p-1. The summed E-state index contributed by atoms with van der Waals surface area (Å²) in [7, 11) is -8.30. The Bertz CT molecular complexity index is 2440. The maximum atomic E-state index is 10.7. The van der Waals surface area contributed by atoms with Crippen molar-refractivity contribution in [2.75, 3.05) is 0 Å². The van der Waals surface area contributed by atoms with Crippen molar-refractivity contribution in [1.82, 2.24) is 19.8 Å². The van der Waals surface area contributed by atoms with E-state index >= 15 is 0 Å². The van der Waals surface area contributed by atoms with Crippen LogP contribution in [0.15, 0.2) is 109 Å². The molecule has 0 fully saturated rings. The molecular weight excluding hydrogens is 967 g/mol. The molecule has 0 aliphatic heterocycles. The summed E-state index contributed by atoms with van der Waals surface area (Å²) in [6, 6.07) is 34.9. The average molecular weight is 1050 g/mol. The Morgan fingerprint density at radius 2 is 0.771 bits per heavy atom. The molecule has 0 aliphatic carbocycles. The quantitative estimate of drug-likeness (QED) is 0.0524. The molecule has 0 N–H and O–H groups in total. The summed E-state index contributed by atoms with van der Waals surface area (Å²) in [5.41, 5.74) is 6.87. The molecule has 2 heterocycles. The molecule has 0 aliphatic rings. The van der Waals surface area contributed by atoms with E-state index in [2.05, 4.69) is 251 Å². The second kappa shape index (κ2) is 26.7. The first-order chi connectivity index (χ1) is 31.8. The monoisotopic (exact) mass is 1040 g/mol. The first-order valence-electron chi connectivity index (χ1n) is 23.9. The summed E-state index contributed by atoms with van der Waals surface area (Å²) in [5, 5.41) is 9.95. The van der Waals surface area contributed by atoms with Gasteiger partial charge in [0.05, 0.1) is 10.4 Å². The van der Waals surface area contributed by atoms with Crippen LogP contribution >= 0.6 is 0 Å². The van der Waals surface area contributed by atoms with Crippen LogP contribution in [0.4, 0.5) is 13.2 Å². The van der Waals surface area contributed by atoms with E-state index in [4.69, 9.17) is 28.0 Å². The van der Waals surface area contributed by atoms with Gasteiger partial charge in [-0.05, 0) is 51.4 Å². The molecule has 6 rings (SSSR count). The van der Waals surface area contributed by atoms with Crippen LogP contribution in [0.3, 0.4) is 0 Å². The summed E-state index contributed by atoms with van der Waals surface area (Å²) < 4.78 is 72.1. The zero-order valence-corrected chi connectivity index (χ0v) is 51.2. The van der Waals surface area contributed by atoms with Crippen molar-refractivity contribution >= 4 is 26.6 Å². The van der Waals surface area contributed by atoms with Crippen LogP contribution in [0.5, 0.6) is 0 Å². The van der Waals surface area contributed by atoms with Gasteiger partial charge in [0.25, 0.3) is 0 Å². The van der Waals surface area contributed by atoms with Gasteiger partial charge in [-0.15, -0.1) is 18.7 Å². The Morgan fingerprint density at radius 1 is 0.514 bits per heavy atom. The van der Waals surface area contributed by atoms with Gasteiger partial charge in [0, 0.05) is 33.4 Å². The first-order valence-corrected chi connectivity index (χ1v) is 32.2. The fourth-order valence-electron chi connectivity index (χ4n) is 7.88. The normalized spacial score (nSPS) is 12.1. The van der Waals surface area contributed by atoms with Crippen LogP contribution in [-0.2, 0) is 10.1 Å². The molecule has 0 amide bonds. The molecule has 0 atom stereocenters. The number of aromatic nitrogens is 6. The Balaban J connectivity index is 0.000000359. The molecule has 17 heteroatoms. The minimum atomic E-state index is -6.09. The molecular formula is C53H78F3KN7O3SSi2+. The van der Waals surface area contributed by atoms with Gasteiger partial charge in [-0.2, -0.15) is 13.2 Å². The Labute approximate surface area is 462 Å². The third-order valence-corrected chi connectivity index (χ3v) is 16.5. The van der Waals surface area contributed by atoms with E-state index in [1.165, 1.54) is 44.8 Å². The van der Waals surface area contributed by atoms with Gasteiger partial charge in [0.15, 0.2) is 45.3 Å². The van der Waals surface area contributed by atoms with E-state index in [0.29, 0.717) is 35.8 Å². The van der Waals surface area contributed by atoms with Crippen LogP contribution in [0.1, 0.15) is 141 Å². The number of benzene rings is 4. The van der Waals surface area contributed by atoms with Crippen molar-refractivity contribution in [3.8, 4) is 33.9 Å². The molecule has 4 aromatic carbocycles. The van der Waals surface area contributed by atoms with Gasteiger partial charge in [-0.25, -0.2) is 8.42 Å². The van der Waals surface area contributed by atoms with Crippen LogP contribution < -0.4 is 60.7 Å². The van der Waals surface area contributed by atoms with E-state index in [9.17, 15) is 13.2 Å². The van der Waals surface area contributed by atoms with Crippen molar-refractivity contribution in [3.05, 3.63) is 136 Å². The SMILES string of the molecule is CC(C)c1cccc(C(C)C)c1-[n+]1cc(-c2ccccc2)n(C(C)C)n1.CC(C)c1cccc(C(C)C)c1-[n+]1cc(-c2ccccc2)n(C(C)C)n1.C[Si](C)(C)[N-][Si](C)(C)C.O=S(=O)([O-])C(F)(F)F.[K+]. The van der Waals surface area contributed by atoms with E-state index in [0.717, 1.165) is 11.4 Å². The predicted molar refractivity (Wildman–Crippen MR) is 281 cm³/mol. The third kappa shape index (κ3) is 18.4. The molecule has 0 unspecified atom stereocenters. The van der Waals surface area contributed by atoms with Crippen molar-refractivity contribution in [1.29, 1.82) is 0 Å². The van der Waals surface area contributed by atoms with Crippen molar-refractivity contribution in [2.45, 2.75) is 164 Å². The fourth-order valence-corrected chi connectivity index (χ4v) is 15.9. The van der Waals surface area contributed by atoms with E-state index in [1.807, 2.05) is 0 Å². The van der Waals surface area contributed by atoms with E-state index in [-0.39, 0.29) is 51.4 Å². The number of alkyl halides is 3. The number of halogens is 3. The number of hydrogen-bond acceptors (Lipinski definition) is 5. The van der Waals surface area contributed by atoms with E-state index < -0.39 is 32.1 Å². The number of para-hydroxylation sites is 2. The Morgan fingerprint density at radius 3 is 0.957 bits per heavy atom. The summed E-state index contributed by atoms with van der Waals surface area (Å²) >= 11 is 0. The third-order valence-electron chi connectivity index (χ3n) is 10.6. The topological polar surface area (TPSA) is 115 Å². The van der Waals surface area contributed by atoms with Crippen molar-refractivity contribution < 1.29 is 86.9 Å². The van der Waals surface area contributed by atoms with E-state index in [1.54, 1.807) is 0 Å². The van der Waals surface area contributed by atoms with Crippen LogP contribution in [0, 0.1) is 0 Å². The zero-order valence-electron chi connectivity index (χ0n) is 45.3. The molecule has 0 saturated heterocycles. The zero-order chi connectivity index (χ0) is 52.4. The minimum Gasteiger partial charge on any atom is -0.741 e. The van der Waals surface area contributed by atoms with Crippen LogP contribution in [-0.4, -0.2) is 54.7 Å². The molecule has 70 heavy (non-hydrogen) atoms. The smallest absolute Gasteiger partial charge is 0.741 e. The van der Waals surface area contributed by atoms with Gasteiger partial charge in [-0.3, -0.25) is 0 Å². The summed E-state index contributed by atoms with van der Waals surface area (Å²) in [6.07, 6.45) is 4.37. The minimum absolute atomic E-state index is 0. The molecule has 0 bridgehead atoms. The molecule has 6 aromatic rings. The van der Waals surface area contributed by atoms with Gasteiger partial charge in [-0.1, -0.05) is 208 Å². The molecule has 378 valence electrons. The average Bonchev–Trinajstić information content (AvgIpc) is 3.89. The molecule has 0 spiro atoms. The first kappa shape index (κ1) is 63.0. The second-order valence-corrected chi connectivity index (χ2v) is 32.0. The maximum Gasteiger partial charge on any atom is 1.00 e.